The maximum Gasteiger partial charge on any atom is 0.337 e. The molecule has 2 amide bonds. The Labute approximate surface area is 148 Å². The molecule has 0 atom stereocenters. The topological polar surface area (TPSA) is 79.0 Å². The normalized spacial score (nSPS) is 10.4. The third-order valence-electron chi connectivity index (χ3n) is 3.68. The fourth-order valence-corrected chi connectivity index (χ4v) is 2.27. The molecule has 0 aliphatic rings. The molecule has 7 heteroatoms. The summed E-state index contributed by atoms with van der Waals surface area (Å²) in [5.41, 5.74) is 1.02. The van der Waals surface area contributed by atoms with Crippen LogP contribution in [0.1, 0.15) is 30.1 Å². The molecule has 7 nitrogen and oxygen atoms in total. The van der Waals surface area contributed by atoms with Crippen LogP contribution < -0.4 is 5.32 Å². The lowest BCUT2D eigenvalue weighted by Gasteiger charge is -2.21. The van der Waals surface area contributed by atoms with Crippen molar-refractivity contribution in [1.82, 2.24) is 9.80 Å². The van der Waals surface area contributed by atoms with Crippen molar-refractivity contribution in [2.24, 2.45) is 0 Å². The molecule has 0 saturated carbocycles. The molecular weight excluding hydrogens is 322 g/mol. The van der Waals surface area contributed by atoms with Crippen LogP contribution in [0.25, 0.3) is 0 Å². The molecule has 1 aromatic carbocycles. The van der Waals surface area contributed by atoms with Gasteiger partial charge < -0.3 is 19.9 Å². The largest absolute Gasteiger partial charge is 0.465 e. The van der Waals surface area contributed by atoms with E-state index in [0.717, 1.165) is 13.0 Å². The Morgan fingerprint density at radius 2 is 1.68 bits per heavy atom. The van der Waals surface area contributed by atoms with Gasteiger partial charge in [0.05, 0.1) is 12.7 Å². The van der Waals surface area contributed by atoms with Crippen molar-refractivity contribution in [2.45, 2.75) is 19.8 Å². The number of benzene rings is 1. The van der Waals surface area contributed by atoms with Gasteiger partial charge >= 0.3 is 5.97 Å². The number of carbonyl (C=O) groups excluding carboxylic acids is 3. The molecule has 1 N–H and O–H groups in total. The minimum atomic E-state index is -0.423. The Hall–Kier alpha value is -2.41. The van der Waals surface area contributed by atoms with E-state index in [-0.39, 0.29) is 18.2 Å². The Bertz CT molecular complexity index is 584. The summed E-state index contributed by atoms with van der Waals surface area (Å²) in [6, 6.07) is 6.46. The van der Waals surface area contributed by atoms with E-state index in [1.165, 1.54) is 14.0 Å². The standard InChI is InChI=1S/C18H27N3O4/c1-14(22)21(12-5-11-20(2)3)13-10-17(23)19-16-8-6-15(7-9-16)18(24)25-4/h6-9H,5,10-13H2,1-4H3,(H,19,23). The molecule has 25 heavy (non-hydrogen) atoms. The van der Waals surface area contributed by atoms with Crippen LogP contribution in [0.5, 0.6) is 0 Å². The van der Waals surface area contributed by atoms with E-state index in [4.69, 9.17) is 0 Å². The lowest BCUT2D eigenvalue weighted by Crippen LogP contribution is -2.34. The van der Waals surface area contributed by atoms with E-state index in [1.807, 2.05) is 14.1 Å². The number of nitrogens with one attached hydrogen (secondary N) is 1. The van der Waals surface area contributed by atoms with Gasteiger partial charge in [0.25, 0.3) is 0 Å². The van der Waals surface area contributed by atoms with Crippen LogP contribution in [0.15, 0.2) is 24.3 Å². The minimum absolute atomic E-state index is 0.0333. The first kappa shape index (κ1) is 20.6. The van der Waals surface area contributed by atoms with Gasteiger partial charge in [0.15, 0.2) is 0 Å². The van der Waals surface area contributed by atoms with E-state index in [0.29, 0.717) is 24.3 Å². The van der Waals surface area contributed by atoms with Crippen molar-refractivity contribution in [3.63, 3.8) is 0 Å². The summed E-state index contributed by atoms with van der Waals surface area (Å²) in [4.78, 5) is 38.8. The molecular formula is C18H27N3O4. The van der Waals surface area contributed by atoms with Gasteiger partial charge in [-0.2, -0.15) is 0 Å². The van der Waals surface area contributed by atoms with Crippen molar-refractivity contribution in [3.8, 4) is 0 Å². The molecule has 1 aromatic rings. The second-order valence-electron chi connectivity index (χ2n) is 6.03. The number of carbonyl (C=O) groups is 3. The van der Waals surface area contributed by atoms with Crippen LogP contribution in [0.4, 0.5) is 5.69 Å². The first-order valence-corrected chi connectivity index (χ1v) is 8.22. The van der Waals surface area contributed by atoms with E-state index < -0.39 is 5.97 Å². The van der Waals surface area contributed by atoms with Crippen molar-refractivity contribution in [2.75, 3.05) is 46.2 Å². The number of amides is 2. The zero-order chi connectivity index (χ0) is 18.8. The zero-order valence-electron chi connectivity index (χ0n) is 15.4. The minimum Gasteiger partial charge on any atom is -0.465 e. The number of methoxy groups -OCH3 is 1. The van der Waals surface area contributed by atoms with Crippen LogP contribution in [-0.4, -0.2) is 68.4 Å². The van der Waals surface area contributed by atoms with Gasteiger partial charge in [-0.25, -0.2) is 4.79 Å². The predicted octanol–water partition coefficient (Wildman–Crippen LogP) is 1.60. The first-order chi connectivity index (χ1) is 11.8. The molecule has 138 valence electrons. The molecule has 0 aromatic heterocycles. The molecule has 0 aliphatic carbocycles. The highest BCUT2D eigenvalue weighted by Crippen LogP contribution is 2.11. The second-order valence-corrected chi connectivity index (χ2v) is 6.03. The lowest BCUT2D eigenvalue weighted by atomic mass is 10.2. The van der Waals surface area contributed by atoms with Gasteiger partial charge in [0, 0.05) is 32.1 Å². The Morgan fingerprint density at radius 1 is 1.04 bits per heavy atom. The van der Waals surface area contributed by atoms with Crippen molar-refractivity contribution >= 4 is 23.5 Å². The SMILES string of the molecule is COC(=O)c1ccc(NC(=O)CCN(CCCN(C)C)C(C)=O)cc1. The van der Waals surface area contributed by atoms with E-state index in [1.54, 1.807) is 29.2 Å². The smallest absolute Gasteiger partial charge is 0.337 e. The number of rotatable bonds is 9. The van der Waals surface area contributed by atoms with Crippen LogP contribution in [-0.2, 0) is 14.3 Å². The lowest BCUT2D eigenvalue weighted by molar-refractivity contribution is -0.129. The summed E-state index contributed by atoms with van der Waals surface area (Å²) in [7, 11) is 5.28. The maximum atomic E-state index is 12.0. The number of anilines is 1. The molecule has 0 bridgehead atoms. The Kier molecular flexibility index (Phi) is 8.63. The maximum absolute atomic E-state index is 12.0. The second kappa shape index (κ2) is 10.5. The van der Waals surface area contributed by atoms with Gasteiger partial charge in [-0.15, -0.1) is 0 Å². The summed E-state index contributed by atoms with van der Waals surface area (Å²) < 4.78 is 4.62. The van der Waals surface area contributed by atoms with Crippen molar-refractivity contribution < 1.29 is 19.1 Å². The number of hydrogen-bond donors (Lipinski definition) is 1. The fourth-order valence-electron chi connectivity index (χ4n) is 2.27. The molecule has 1 rings (SSSR count). The molecule has 0 radical (unpaired) electrons. The van der Waals surface area contributed by atoms with Crippen LogP contribution in [0, 0.1) is 0 Å². The average molecular weight is 349 g/mol. The summed E-state index contributed by atoms with van der Waals surface area (Å²) in [6.07, 6.45) is 1.09. The first-order valence-electron chi connectivity index (χ1n) is 8.22. The monoisotopic (exact) mass is 349 g/mol. The Morgan fingerprint density at radius 3 is 2.20 bits per heavy atom. The molecule has 0 saturated heterocycles. The summed E-state index contributed by atoms with van der Waals surface area (Å²) in [5.74, 6) is -0.633. The third-order valence-corrected chi connectivity index (χ3v) is 3.68. The highest BCUT2D eigenvalue weighted by atomic mass is 16.5. The van der Waals surface area contributed by atoms with Crippen LogP contribution in [0.3, 0.4) is 0 Å². The number of ether oxygens (including phenoxy) is 1. The van der Waals surface area contributed by atoms with Crippen LogP contribution in [0.2, 0.25) is 0 Å². The molecule has 0 heterocycles. The number of hydrogen-bond acceptors (Lipinski definition) is 5. The molecule has 0 fully saturated rings. The highest BCUT2D eigenvalue weighted by molar-refractivity contribution is 5.93. The van der Waals surface area contributed by atoms with Gasteiger partial charge in [-0.3, -0.25) is 9.59 Å². The van der Waals surface area contributed by atoms with Gasteiger partial charge in [0.1, 0.15) is 0 Å². The quantitative estimate of drug-likeness (QED) is 0.685. The van der Waals surface area contributed by atoms with Gasteiger partial charge in [0.2, 0.25) is 11.8 Å². The van der Waals surface area contributed by atoms with Crippen LogP contribution >= 0.6 is 0 Å². The Balaban J connectivity index is 2.46. The molecule has 0 spiro atoms. The van der Waals surface area contributed by atoms with Gasteiger partial charge in [-0.1, -0.05) is 0 Å². The van der Waals surface area contributed by atoms with E-state index in [2.05, 4.69) is 15.0 Å². The third kappa shape index (κ3) is 7.80. The van der Waals surface area contributed by atoms with E-state index >= 15 is 0 Å². The summed E-state index contributed by atoms with van der Waals surface area (Å²) in [6.45, 7) is 3.42. The number of nitrogens with zero attached hydrogens (tertiary/aromatic N) is 2. The summed E-state index contributed by atoms with van der Waals surface area (Å²) in [5, 5.41) is 2.76. The van der Waals surface area contributed by atoms with Gasteiger partial charge in [-0.05, 0) is 51.3 Å². The van der Waals surface area contributed by atoms with Crippen molar-refractivity contribution in [3.05, 3.63) is 29.8 Å². The highest BCUT2D eigenvalue weighted by Gasteiger charge is 2.12. The molecule has 0 unspecified atom stereocenters. The fraction of sp³-hybridized carbons (Fsp3) is 0.500. The van der Waals surface area contributed by atoms with Crippen molar-refractivity contribution in [1.29, 1.82) is 0 Å². The zero-order valence-corrected chi connectivity index (χ0v) is 15.4. The van der Waals surface area contributed by atoms with E-state index in [9.17, 15) is 14.4 Å². The number of esters is 1. The summed E-state index contributed by atoms with van der Waals surface area (Å²) >= 11 is 0. The molecule has 0 aliphatic heterocycles. The average Bonchev–Trinajstić information content (AvgIpc) is 2.57. The predicted molar refractivity (Wildman–Crippen MR) is 96.5 cm³/mol.